The molecule has 0 bridgehead atoms. The van der Waals surface area contributed by atoms with Crippen LogP contribution in [0, 0.1) is 0 Å². The average molecular weight is 255 g/mol. The van der Waals surface area contributed by atoms with Gasteiger partial charge in [-0.15, -0.1) is 12.4 Å². The van der Waals surface area contributed by atoms with Gasteiger partial charge in [-0.2, -0.15) is 0 Å². The van der Waals surface area contributed by atoms with Crippen LogP contribution in [0.5, 0.6) is 0 Å². The molecule has 0 unspecified atom stereocenters. The van der Waals surface area contributed by atoms with Crippen molar-refractivity contribution >= 4 is 24.0 Å². The molecule has 1 aliphatic heterocycles. The van der Waals surface area contributed by atoms with Crippen LogP contribution in [0.4, 0.5) is 5.69 Å². The van der Waals surface area contributed by atoms with E-state index in [1.54, 1.807) is 0 Å². The summed E-state index contributed by atoms with van der Waals surface area (Å²) in [4.78, 5) is 13.9. The summed E-state index contributed by atoms with van der Waals surface area (Å²) in [6, 6.07) is 8.18. The van der Waals surface area contributed by atoms with E-state index in [9.17, 15) is 4.79 Å². The first-order valence-corrected chi connectivity index (χ1v) is 5.86. The molecule has 0 radical (unpaired) electrons. The van der Waals surface area contributed by atoms with Gasteiger partial charge in [0.2, 0.25) is 5.91 Å². The minimum Gasteiger partial charge on any atom is -0.320 e. The van der Waals surface area contributed by atoms with Gasteiger partial charge in [-0.1, -0.05) is 18.2 Å². The second-order valence-electron chi connectivity index (χ2n) is 4.13. The van der Waals surface area contributed by atoms with E-state index in [1.165, 1.54) is 5.56 Å². The molecule has 2 rings (SSSR count). The number of carbonyl (C=O) groups excluding carboxylic acids is 1. The molecule has 1 aromatic carbocycles. The summed E-state index contributed by atoms with van der Waals surface area (Å²) in [5.41, 5.74) is 2.40. The van der Waals surface area contributed by atoms with Crippen molar-refractivity contribution < 1.29 is 4.79 Å². The third-order valence-corrected chi connectivity index (χ3v) is 3.01. The summed E-state index contributed by atoms with van der Waals surface area (Å²) in [5.74, 6) is 0.250. The van der Waals surface area contributed by atoms with E-state index in [1.807, 2.05) is 30.1 Å². The highest BCUT2D eigenvalue weighted by molar-refractivity contribution is 5.95. The standard InChI is InChI=1S/C13H18N2O.ClH/c1-14-9-4-7-13(16)15-10-8-11-5-2-3-6-12(11)15;/h2-3,5-6,14H,4,7-10H2,1H3;1H. The van der Waals surface area contributed by atoms with Gasteiger partial charge in [0.05, 0.1) is 0 Å². The molecule has 1 heterocycles. The largest absolute Gasteiger partial charge is 0.320 e. The summed E-state index contributed by atoms with van der Waals surface area (Å²) >= 11 is 0. The molecule has 3 nitrogen and oxygen atoms in total. The number of anilines is 1. The van der Waals surface area contributed by atoms with E-state index in [-0.39, 0.29) is 18.3 Å². The van der Waals surface area contributed by atoms with Gasteiger partial charge < -0.3 is 10.2 Å². The van der Waals surface area contributed by atoms with Crippen LogP contribution >= 0.6 is 12.4 Å². The van der Waals surface area contributed by atoms with Gasteiger partial charge in [-0.25, -0.2) is 0 Å². The fraction of sp³-hybridized carbons (Fsp3) is 0.462. The number of rotatable bonds is 4. The quantitative estimate of drug-likeness (QED) is 0.834. The molecule has 0 spiro atoms. The molecule has 0 aliphatic carbocycles. The second-order valence-corrected chi connectivity index (χ2v) is 4.13. The fourth-order valence-electron chi connectivity index (χ4n) is 2.15. The van der Waals surface area contributed by atoms with Crippen LogP contribution in [0.25, 0.3) is 0 Å². The Labute approximate surface area is 109 Å². The molecule has 1 aromatic rings. The lowest BCUT2D eigenvalue weighted by Crippen LogP contribution is -2.29. The molecule has 0 aromatic heterocycles. The molecule has 0 saturated heterocycles. The third-order valence-electron chi connectivity index (χ3n) is 3.01. The molecule has 94 valence electrons. The monoisotopic (exact) mass is 254 g/mol. The molecule has 17 heavy (non-hydrogen) atoms. The van der Waals surface area contributed by atoms with Gasteiger partial charge in [0, 0.05) is 18.7 Å². The zero-order chi connectivity index (χ0) is 11.4. The van der Waals surface area contributed by atoms with Crippen molar-refractivity contribution in [2.45, 2.75) is 19.3 Å². The molecular weight excluding hydrogens is 236 g/mol. The number of amides is 1. The fourth-order valence-corrected chi connectivity index (χ4v) is 2.15. The van der Waals surface area contributed by atoms with Crippen LogP contribution in [0.15, 0.2) is 24.3 Å². The molecular formula is C13H19ClN2O. The Hall–Kier alpha value is -1.06. The number of hydrogen-bond donors (Lipinski definition) is 1. The van der Waals surface area contributed by atoms with Crippen molar-refractivity contribution in [1.82, 2.24) is 5.32 Å². The van der Waals surface area contributed by atoms with Gasteiger partial charge in [0.25, 0.3) is 0 Å². The highest BCUT2D eigenvalue weighted by Gasteiger charge is 2.23. The number of nitrogens with zero attached hydrogens (tertiary/aromatic N) is 1. The van der Waals surface area contributed by atoms with Crippen LogP contribution in [0.1, 0.15) is 18.4 Å². The molecule has 0 atom stereocenters. The van der Waals surface area contributed by atoms with Crippen LogP contribution in [0.2, 0.25) is 0 Å². The van der Waals surface area contributed by atoms with Crippen molar-refractivity contribution in [3.05, 3.63) is 29.8 Å². The number of nitrogens with one attached hydrogen (secondary N) is 1. The highest BCUT2D eigenvalue weighted by Crippen LogP contribution is 2.27. The van der Waals surface area contributed by atoms with E-state index in [4.69, 9.17) is 0 Å². The molecule has 4 heteroatoms. The summed E-state index contributed by atoms with van der Waals surface area (Å²) in [7, 11) is 1.91. The number of fused-ring (bicyclic) bond motifs is 1. The molecule has 1 aliphatic rings. The molecule has 0 fully saturated rings. The lowest BCUT2D eigenvalue weighted by atomic mass is 10.2. The Kier molecular flexibility index (Phi) is 5.45. The smallest absolute Gasteiger partial charge is 0.227 e. The Morgan fingerprint density at radius 3 is 2.94 bits per heavy atom. The number of halogens is 1. The Morgan fingerprint density at radius 2 is 2.18 bits per heavy atom. The Morgan fingerprint density at radius 1 is 1.41 bits per heavy atom. The van der Waals surface area contributed by atoms with Crippen LogP contribution in [0.3, 0.4) is 0 Å². The predicted molar refractivity (Wildman–Crippen MR) is 72.9 cm³/mol. The maximum Gasteiger partial charge on any atom is 0.227 e. The highest BCUT2D eigenvalue weighted by atomic mass is 35.5. The van der Waals surface area contributed by atoms with Gasteiger partial charge in [0.1, 0.15) is 0 Å². The predicted octanol–water partition coefficient (Wildman–Crippen LogP) is 2.00. The number of hydrogen-bond acceptors (Lipinski definition) is 2. The second kappa shape index (κ2) is 6.62. The van der Waals surface area contributed by atoms with Crippen molar-refractivity contribution in [1.29, 1.82) is 0 Å². The SMILES string of the molecule is CNCCCC(=O)N1CCc2ccccc21.Cl. The number of carbonyl (C=O) groups is 1. The lowest BCUT2D eigenvalue weighted by Gasteiger charge is -2.17. The maximum atomic E-state index is 12.0. The van der Waals surface area contributed by atoms with Crippen LogP contribution < -0.4 is 10.2 Å². The zero-order valence-electron chi connectivity index (χ0n) is 10.1. The van der Waals surface area contributed by atoms with E-state index in [0.717, 1.165) is 31.6 Å². The average Bonchev–Trinajstić information content (AvgIpc) is 2.73. The van der Waals surface area contributed by atoms with Crippen molar-refractivity contribution in [3.63, 3.8) is 0 Å². The van der Waals surface area contributed by atoms with Crippen LogP contribution in [-0.4, -0.2) is 26.0 Å². The summed E-state index contributed by atoms with van der Waals surface area (Å²) in [6.07, 6.45) is 2.54. The van der Waals surface area contributed by atoms with E-state index >= 15 is 0 Å². The van der Waals surface area contributed by atoms with Crippen LogP contribution in [-0.2, 0) is 11.2 Å². The summed E-state index contributed by atoms with van der Waals surface area (Å²) in [5, 5.41) is 3.06. The van der Waals surface area contributed by atoms with Gasteiger partial charge >= 0.3 is 0 Å². The molecule has 1 N–H and O–H groups in total. The lowest BCUT2D eigenvalue weighted by molar-refractivity contribution is -0.118. The van der Waals surface area contributed by atoms with E-state index in [0.29, 0.717) is 6.42 Å². The first-order chi connectivity index (χ1) is 7.83. The van der Waals surface area contributed by atoms with Gasteiger partial charge in [0.15, 0.2) is 0 Å². The van der Waals surface area contributed by atoms with Crippen molar-refractivity contribution in [2.24, 2.45) is 0 Å². The van der Waals surface area contributed by atoms with E-state index in [2.05, 4.69) is 11.4 Å². The van der Waals surface area contributed by atoms with Crippen molar-refractivity contribution in [2.75, 3.05) is 25.0 Å². The molecule has 1 amide bonds. The maximum absolute atomic E-state index is 12.0. The van der Waals surface area contributed by atoms with Gasteiger partial charge in [-0.05, 0) is 38.1 Å². The molecule has 0 saturated carbocycles. The first kappa shape index (κ1) is 14.0. The summed E-state index contributed by atoms with van der Waals surface area (Å²) < 4.78 is 0. The topological polar surface area (TPSA) is 32.3 Å². The van der Waals surface area contributed by atoms with Gasteiger partial charge in [-0.3, -0.25) is 4.79 Å². The minimum atomic E-state index is 0. The zero-order valence-corrected chi connectivity index (χ0v) is 10.9. The summed E-state index contributed by atoms with van der Waals surface area (Å²) in [6.45, 7) is 1.75. The number of benzene rings is 1. The normalized spacial score (nSPS) is 13.1. The minimum absolute atomic E-state index is 0. The first-order valence-electron chi connectivity index (χ1n) is 5.86. The van der Waals surface area contributed by atoms with Crippen molar-refractivity contribution in [3.8, 4) is 0 Å². The van der Waals surface area contributed by atoms with E-state index < -0.39 is 0 Å². The Bertz CT molecular complexity index is 381. The Balaban J connectivity index is 0.00000144. The third kappa shape index (κ3) is 3.20. The number of para-hydroxylation sites is 1.